The summed E-state index contributed by atoms with van der Waals surface area (Å²) in [5.41, 5.74) is 8.78. The first-order valence-electron chi connectivity index (χ1n) is 12.7. The molecule has 9 nitrogen and oxygen atoms in total. The van der Waals surface area contributed by atoms with E-state index in [-0.39, 0.29) is 23.7 Å². The molecule has 4 N–H and O–H groups in total. The fraction of sp³-hybridized carbons (Fsp3) is 0.357. The highest BCUT2D eigenvalue weighted by atomic mass is 32.2. The maximum absolute atomic E-state index is 13.3. The van der Waals surface area contributed by atoms with E-state index in [1.54, 1.807) is 19.9 Å². The summed E-state index contributed by atoms with van der Waals surface area (Å²) in [6, 6.07) is 16.7. The third kappa shape index (κ3) is 5.06. The second-order valence-corrected chi connectivity index (χ2v) is 11.9. The Morgan fingerprint density at radius 2 is 1.89 bits per heavy atom. The van der Waals surface area contributed by atoms with Gasteiger partial charge in [0, 0.05) is 25.1 Å². The lowest BCUT2D eigenvalue weighted by atomic mass is 9.98. The second kappa shape index (κ2) is 10.3. The molecule has 0 aliphatic carbocycles. The summed E-state index contributed by atoms with van der Waals surface area (Å²) in [6.45, 7) is 5.65. The molecule has 2 aliphatic heterocycles. The monoisotopic (exact) mass is 535 g/mol. The Morgan fingerprint density at radius 1 is 1.11 bits per heavy atom. The standard InChI is InChI=1S/C28H33N5O4S/c1-3-38(34,35)33-26-9-8-24(37-17-25-16-32(18(2)29)10-11-36-25)14-23(26)15-27(33)20-6-4-19-5-7-21(28(30)31)13-22(19)12-20/h4-9,12-14,25,27,29H,3,10-11,15-17H2,1-2H3,(H3,30,31). The molecule has 5 rings (SSSR count). The zero-order valence-corrected chi connectivity index (χ0v) is 22.4. The molecule has 1 fully saturated rings. The molecule has 0 bridgehead atoms. The summed E-state index contributed by atoms with van der Waals surface area (Å²) < 4.78 is 39.9. The fourth-order valence-corrected chi connectivity index (χ4v) is 6.52. The number of nitrogen functional groups attached to an aromatic ring is 1. The fourth-order valence-electron chi connectivity index (χ4n) is 5.18. The van der Waals surface area contributed by atoms with Crippen LogP contribution in [0.25, 0.3) is 10.8 Å². The number of fused-ring (bicyclic) bond motifs is 2. The molecule has 1 saturated heterocycles. The summed E-state index contributed by atoms with van der Waals surface area (Å²) in [7, 11) is -3.55. The van der Waals surface area contributed by atoms with E-state index in [0.717, 1.165) is 21.9 Å². The quantitative estimate of drug-likeness (QED) is 0.312. The van der Waals surface area contributed by atoms with Crippen LogP contribution in [0.2, 0.25) is 0 Å². The Morgan fingerprint density at radius 3 is 2.63 bits per heavy atom. The smallest absolute Gasteiger partial charge is 0.235 e. The number of amidine groups is 2. The molecule has 2 atom stereocenters. The lowest BCUT2D eigenvalue weighted by Gasteiger charge is -2.33. The second-order valence-electron chi connectivity index (χ2n) is 9.78. The van der Waals surface area contributed by atoms with Crippen LogP contribution in [0.15, 0.2) is 54.6 Å². The average molecular weight is 536 g/mol. The zero-order valence-electron chi connectivity index (χ0n) is 21.6. The topological polar surface area (TPSA) is 133 Å². The van der Waals surface area contributed by atoms with Crippen molar-refractivity contribution in [2.45, 2.75) is 32.4 Å². The van der Waals surface area contributed by atoms with E-state index in [4.69, 9.17) is 26.0 Å². The molecular formula is C28H33N5O4S. The number of ether oxygens (including phenoxy) is 2. The van der Waals surface area contributed by atoms with E-state index >= 15 is 0 Å². The Hall–Kier alpha value is -3.63. The first kappa shape index (κ1) is 26.0. The van der Waals surface area contributed by atoms with Crippen LogP contribution in [0.5, 0.6) is 5.75 Å². The number of anilines is 1. The van der Waals surface area contributed by atoms with Crippen LogP contribution in [0.3, 0.4) is 0 Å². The lowest BCUT2D eigenvalue weighted by molar-refractivity contribution is -0.0289. The third-order valence-electron chi connectivity index (χ3n) is 7.26. The molecule has 0 radical (unpaired) electrons. The van der Waals surface area contributed by atoms with Gasteiger partial charge in [-0.3, -0.25) is 15.1 Å². The Bertz CT molecular complexity index is 1510. The highest BCUT2D eigenvalue weighted by molar-refractivity contribution is 7.92. The lowest BCUT2D eigenvalue weighted by Crippen LogP contribution is -2.46. The van der Waals surface area contributed by atoms with Gasteiger partial charge in [-0.25, -0.2) is 8.42 Å². The number of benzene rings is 3. The van der Waals surface area contributed by atoms with Crippen LogP contribution in [0, 0.1) is 10.8 Å². The maximum atomic E-state index is 13.3. The van der Waals surface area contributed by atoms with Gasteiger partial charge in [-0.05, 0) is 66.1 Å². The molecule has 3 aromatic rings. The van der Waals surface area contributed by atoms with E-state index in [1.807, 2.05) is 53.4 Å². The van der Waals surface area contributed by atoms with E-state index in [0.29, 0.717) is 55.6 Å². The van der Waals surface area contributed by atoms with Crippen molar-refractivity contribution in [2.75, 3.05) is 36.4 Å². The Kier molecular flexibility index (Phi) is 7.02. The van der Waals surface area contributed by atoms with Gasteiger partial charge in [-0.1, -0.05) is 24.3 Å². The molecule has 2 aliphatic rings. The van der Waals surface area contributed by atoms with E-state index in [1.165, 1.54) is 4.31 Å². The van der Waals surface area contributed by atoms with Crippen molar-refractivity contribution in [2.24, 2.45) is 5.73 Å². The largest absolute Gasteiger partial charge is 0.491 e. The Balaban J connectivity index is 1.42. The normalized spacial score (nSPS) is 19.4. The predicted molar refractivity (Wildman–Crippen MR) is 150 cm³/mol. The number of hydrogen-bond donors (Lipinski definition) is 3. The number of rotatable bonds is 7. The number of nitrogens with two attached hydrogens (primary N) is 1. The molecule has 0 saturated carbocycles. The van der Waals surface area contributed by atoms with Crippen LogP contribution in [0.1, 0.15) is 36.6 Å². The van der Waals surface area contributed by atoms with Gasteiger partial charge >= 0.3 is 0 Å². The highest BCUT2D eigenvalue weighted by Gasteiger charge is 2.38. The van der Waals surface area contributed by atoms with Gasteiger partial charge in [0.25, 0.3) is 0 Å². The SMILES string of the molecule is CCS(=O)(=O)N1c2ccc(OCC3CN(C(C)=N)CCO3)cc2CC1c1ccc2ccc(C(=N)N)cc2c1. The number of nitrogens with zero attached hydrogens (tertiary/aromatic N) is 2. The molecule has 2 heterocycles. The molecule has 2 unspecified atom stereocenters. The van der Waals surface area contributed by atoms with E-state index in [2.05, 4.69) is 0 Å². The van der Waals surface area contributed by atoms with E-state index in [9.17, 15) is 8.42 Å². The number of nitrogens with one attached hydrogen (secondary N) is 2. The third-order valence-corrected chi connectivity index (χ3v) is 9.04. The summed E-state index contributed by atoms with van der Waals surface area (Å²) >= 11 is 0. The van der Waals surface area contributed by atoms with Crippen molar-refractivity contribution in [3.05, 3.63) is 71.3 Å². The van der Waals surface area contributed by atoms with Gasteiger partial charge in [0.1, 0.15) is 24.3 Å². The van der Waals surface area contributed by atoms with Crippen LogP contribution in [0.4, 0.5) is 5.69 Å². The number of sulfonamides is 1. The summed E-state index contributed by atoms with van der Waals surface area (Å²) in [4.78, 5) is 1.97. The Labute approximate surface area is 223 Å². The van der Waals surface area contributed by atoms with Crippen LogP contribution in [-0.2, 0) is 21.2 Å². The van der Waals surface area contributed by atoms with Gasteiger partial charge in [-0.2, -0.15) is 0 Å². The molecule has 200 valence electrons. The van der Waals surface area contributed by atoms with Crippen molar-refractivity contribution >= 4 is 38.2 Å². The minimum atomic E-state index is -3.55. The van der Waals surface area contributed by atoms with Crippen molar-refractivity contribution in [3.63, 3.8) is 0 Å². The van der Waals surface area contributed by atoms with Crippen molar-refractivity contribution in [1.82, 2.24) is 4.90 Å². The molecule has 0 spiro atoms. The van der Waals surface area contributed by atoms with E-state index < -0.39 is 10.0 Å². The molecule has 0 aromatic heterocycles. The predicted octanol–water partition coefficient (Wildman–Crippen LogP) is 3.65. The van der Waals surface area contributed by atoms with Crippen LogP contribution in [-0.4, -0.2) is 63.1 Å². The molecule has 38 heavy (non-hydrogen) atoms. The highest BCUT2D eigenvalue weighted by Crippen LogP contribution is 2.44. The average Bonchev–Trinajstić information content (AvgIpc) is 3.31. The summed E-state index contributed by atoms with van der Waals surface area (Å²) in [5, 5.41) is 17.5. The molecule has 0 amide bonds. The van der Waals surface area contributed by atoms with Gasteiger partial charge in [0.2, 0.25) is 10.0 Å². The van der Waals surface area contributed by atoms with Crippen molar-refractivity contribution in [3.8, 4) is 5.75 Å². The minimum Gasteiger partial charge on any atom is -0.491 e. The van der Waals surface area contributed by atoms with Crippen molar-refractivity contribution < 1.29 is 17.9 Å². The van der Waals surface area contributed by atoms with Gasteiger partial charge in [0.15, 0.2) is 0 Å². The van der Waals surface area contributed by atoms with Gasteiger partial charge in [0.05, 0.1) is 29.9 Å². The van der Waals surface area contributed by atoms with Gasteiger partial charge in [-0.15, -0.1) is 0 Å². The molecule has 10 heteroatoms. The van der Waals surface area contributed by atoms with Gasteiger partial charge < -0.3 is 20.1 Å². The zero-order chi connectivity index (χ0) is 27.0. The number of hydrogen-bond acceptors (Lipinski definition) is 6. The van der Waals surface area contributed by atoms with Crippen LogP contribution >= 0.6 is 0 Å². The van der Waals surface area contributed by atoms with Crippen LogP contribution < -0.4 is 14.8 Å². The molecular weight excluding hydrogens is 502 g/mol. The summed E-state index contributed by atoms with van der Waals surface area (Å²) in [5.74, 6) is 1.17. The first-order valence-corrected chi connectivity index (χ1v) is 14.3. The van der Waals surface area contributed by atoms with Crippen molar-refractivity contribution in [1.29, 1.82) is 10.8 Å². The first-order chi connectivity index (χ1) is 18.2. The summed E-state index contributed by atoms with van der Waals surface area (Å²) in [6.07, 6.45) is 0.379. The maximum Gasteiger partial charge on any atom is 0.235 e. The minimum absolute atomic E-state index is 0.00686. The molecule has 3 aromatic carbocycles. The number of morpholine rings is 1.